The SMILES string of the molecule is O=C(CN1CCCCCC1=O)N1CCC(C(O)c2ccccn2)CC1. The molecular weight excluding hydrogens is 318 g/mol. The fraction of sp³-hybridized carbons (Fsp3) is 0.632. The molecule has 136 valence electrons. The van der Waals surface area contributed by atoms with Gasteiger partial charge < -0.3 is 14.9 Å². The van der Waals surface area contributed by atoms with Gasteiger partial charge in [0.15, 0.2) is 0 Å². The van der Waals surface area contributed by atoms with Crippen molar-refractivity contribution in [1.29, 1.82) is 0 Å². The highest BCUT2D eigenvalue weighted by Gasteiger charge is 2.30. The van der Waals surface area contributed by atoms with Crippen LogP contribution in [0.15, 0.2) is 24.4 Å². The second-order valence-electron chi connectivity index (χ2n) is 7.04. The van der Waals surface area contributed by atoms with Crippen molar-refractivity contribution in [3.8, 4) is 0 Å². The average Bonchev–Trinajstić information content (AvgIpc) is 2.86. The van der Waals surface area contributed by atoms with Crippen molar-refractivity contribution in [2.75, 3.05) is 26.2 Å². The molecule has 2 saturated heterocycles. The van der Waals surface area contributed by atoms with Crippen LogP contribution in [0, 0.1) is 5.92 Å². The number of hydrogen-bond acceptors (Lipinski definition) is 4. The quantitative estimate of drug-likeness (QED) is 0.902. The number of aliphatic hydroxyl groups is 1. The minimum atomic E-state index is -0.578. The summed E-state index contributed by atoms with van der Waals surface area (Å²) in [4.78, 5) is 32.3. The smallest absolute Gasteiger partial charge is 0.242 e. The number of amides is 2. The zero-order chi connectivity index (χ0) is 17.6. The molecule has 2 fully saturated rings. The van der Waals surface area contributed by atoms with Crippen LogP contribution >= 0.6 is 0 Å². The zero-order valence-electron chi connectivity index (χ0n) is 14.6. The van der Waals surface area contributed by atoms with Gasteiger partial charge in [-0.3, -0.25) is 14.6 Å². The van der Waals surface area contributed by atoms with Crippen LogP contribution in [0.25, 0.3) is 0 Å². The van der Waals surface area contributed by atoms with Gasteiger partial charge in [0.25, 0.3) is 0 Å². The molecule has 0 radical (unpaired) electrons. The number of piperidine rings is 1. The van der Waals surface area contributed by atoms with Gasteiger partial charge in [0.05, 0.1) is 18.3 Å². The summed E-state index contributed by atoms with van der Waals surface area (Å²) < 4.78 is 0. The van der Waals surface area contributed by atoms with Gasteiger partial charge in [-0.1, -0.05) is 12.5 Å². The van der Waals surface area contributed by atoms with Crippen LogP contribution in [-0.4, -0.2) is 57.9 Å². The standard InChI is InChI=1S/C19H27N3O3/c23-17-7-2-1-5-11-22(17)14-18(24)21-12-8-15(9-13-21)19(25)16-6-3-4-10-20-16/h3-4,6,10,15,19,25H,1-2,5,7-9,11-14H2. The molecule has 1 N–H and O–H groups in total. The number of hydrogen-bond donors (Lipinski definition) is 1. The largest absolute Gasteiger partial charge is 0.387 e. The Balaban J connectivity index is 1.50. The van der Waals surface area contributed by atoms with Crippen LogP contribution in [0.5, 0.6) is 0 Å². The summed E-state index contributed by atoms with van der Waals surface area (Å²) in [6.07, 6.45) is 6.17. The topological polar surface area (TPSA) is 73.7 Å². The Morgan fingerprint density at radius 2 is 2.00 bits per heavy atom. The number of pyridine rings is 1. The molecule has 2 aliphatic rings. The highest BCUT2D eigenvalue weighted by atomic mass is 16.3. The Kier molecular flexibility index (Phi) is 6.02. The van der Waals surface area contributed by atoms with E-state index in [4.69, 9.17) is 0 Å². The number of aromatic nitrogens is 1. The molecule has 25 heavy (non-hydrogen) atoms. The van der Waals surface area contributed by atoms with Gasteiger partial charge in [0.1, 0.15) is 0 Å². The van der Waals surface area contributed by atoms with Crippen molar-refractivity contribution in [3.05, 3.63) is 30.1 Å². The molecule has 1 aromatic heterocycles. The highest BCUT2D eigenvalue weighted by molar-refractivity contribution is 5.85. The molecule has 1 atom stereocenters. The molecule has 0 bridgehead atoms. The lowest BCUT2D eigenvalue weighted by Gasteiger charge is -2.35. The van der Waals surface area contributed by atoms with E-state index in [0.717, 1.165) is 32.1 Å². The van der Waals surface area contributed by atoms with E-state index >= 15 is 0 Å². The number of aliphatic hydroxyl groups excluding tert-OH is 1. The summed E-state index contributed by atoms with van der Waals surface area (Å²) in [5.41, 5.74) is 0.697. The minimum Gasteiger partial charge on any atom is -0.387 e. The fourth-order valence-electron chi connectivity index (χ4n) is 3.73. The molecule has 1 aromatic rings. The summed E-state index contributed by atoms with van der Waals surface area (Å²) >= 11 is 0. The molecule has 0 aromatic carbocycles. The Morgan fingerprint density at radius 1 is 1.20 bits per heavy atom. The van der Waals surface area contributed by atoms with E-state index < -0.39 is 6.10 Å². The summed E-state index contributed by atoms with van der Waals surface area (Å²) in [6.45, 7) is 2.16. The van der Waals surface area contributed by atoms with Gasteiger partial charge >= 0.3 is 0 Å². The van der Waals surface area contributed by atoms with Crippen molar-refractivity contribution in [2.45, 2.75) is 44.6 Å². The summed E-state index contributed by atoms with van der Waals surface area (Å²) in [5.74, 6) is 0.256. The van der Waals surface area contributed by atoms with Gasteiger partial charge in [-0.25, -0.2) is 0 Å². The van der Waals surface area contributed by atoms with E-state index in [9.17, 15) is 14.7 Å². The summed E-state index contributed by atoms with van der Waals surface area (Å²) in [5, 5.41) is 10.5. The third kappa shape index (κ3) is 4.57. The van der Waals surface area contributed by atoms with E-state index in [1.54, 1.807) is 11.1 Å². The molecule has 6 nitrogen and oxygen atoms in total. The van der Waals surface area contributed by atoms with Crippen molar-refractivity contribution >= 4 is 11.8 Å². The number of likely N-dealkylation sites (tertiary alicyclic amines) is 2. The Morgan fingerprint density at radius 3 is 2.72 bits per heavy atom. The molecule has 0 aliphatic carbocycles. The van der Waals surface area contributed by atoms with E-state index in [0.29, 0.717) is 31.7 Å². The number of carbonyl (C=O) groups excluding carboxylic acids is 2. The molecule has 3 rings (SSSR count). The molecule has 0 saturated carbocycles. The maximum Gasteiger partial charge on any atom is 0.242 e. The first-order chi connectivity index (χ1) is 12.1. The first-order valence-electron chi connectivity index (χ1n) is 9.29. The van der Waals surface area contributed by atoms with Crippen LogP contribution in [-0.2, 0) is 9.59 Å². The zero-order valence-corrected chi connectivity index (χ0v) is 14.6. The summed E-state index contributed by atoms with van der Waals surface area (Å²) in [7, 11) is 0. The van der Waals surface area contributed by atoms with Crippen molar-refractivity contribution in [3.63, 3.8) is 0 Å². The van der Waals surface area contributed by atoms with Gasteiger partial charge in [0.2, 0.25) is 11.8 Å². The number of nitrogens with zero attached hydrogens (tertiary/aromatic N) is 3. The lowest BCUT2D eigenvalue weighted by molar-refractivity contribution is -0.141. The van der Waals surface area contributed by atoms with E-state index in [1.165, 1.54) is 0 Å². The summed E-state index contributed by atoms with van der Waals surface area (Å²) in [6, 6.07) is 5.55. The fourth-order valence-corrected chi connectivity index (χ4v) is 3.73. The molecule has 1 unspecified atom stereocenters. The van der Waals surface area contributed by atoms with Crippen LogP contribution in [0.3, 0.4) is 0 Å². The predicted octanol–water partition coefficient (Wildman–Crippen LogP) is 1.76. The van der Waals surface area contributed by atoms with Gasteiger partial charge in [-0.05, 0) is 43.7 Å². The molecule has 2 amide bonds. The first kappa shape index (κ1) is 17.9. The third-order valence-corrected chi connectivity index (χ3v) is 5.33. The third-order valence-electron chi connectivity index (χ3n) is 5.33. The number of rotatable bonds is 4. The van der Waals surface area contributed by atoms with Crippen LogP contribution < -0.4 is 0 Å². The van der Waals surface area contributed by atoms with Crippen molar-refractivity contribution < 1.29 is 14.7 Å². The normalized spacial score (nSPS) is 21.1. The minimum absolute atomic E-state index is 0.0287. The van der Waals surface area contributed by atoms with Crippen LogP contribution in [0.4, 0.5) is 0 Å². The number of carbonyl (C=O) groups is 2. The van der Waals surface area contributed by atoms with E-state index in [1.807, 2.05) is 23.1 Å². The Labute approximate surface area is 148 Å². The van der Waals surface area contributed by atoms with Crippen molar-refractivity contribution in [1.82, 2.24) is 14.8 Å². The highest BCUT2D eigenvalue weighted by Crippen LogP contribution is 2.29. The maximum atomic E-state index is 12.5. The lowest BCUT2D eigenvalue weighted by Crippen LogP contribution is -2.46. The van der Waals surface area contributed by atoms with E-state index in [2.05, 4.69) is 4.98 Å². The second kappa shape index (κ2) is 8.43. The van der Waals surface area contributed by atoms with Crippen LogP contribution in [0.1, 0.15) is 50.3 Å². The molecule has 3 heterocycles. The average molecular weight is 345 g/mol. The van der Waals surface area contributed by atoms with E-state index in [-0.39, 0.29) is 24.3 Å². The van der Waals surface area contributed by atoms with Crippen molar-refractivity contribution in [2.24, 2.45) is 5.92 Å². The van der Waals surface area contributed by atoms with Gasteiger partial charge in [-0.2, -0.15) is 0 Å². The molecule has 6 heteroatoms. The molecule has 2 aliphatic heterocycles. The predicted molar refractivity (Wildman–Crippen MR) is 93.5 cm³/mol. The van der Waals surface area contributed by atoms with Gasteiger partial charge in [-0.15, -0.1) is 0 Å². The first-order valence-corrected chi connectivity index (χ1v) is 9.29. The lowest BCUT2D eigenvalue weighted by atomic mass is 9.89. The monoisotopic (exact) mass is 345 g/mol. The molecule has 0 spiro atoms. The Hall–Kier alpha value is -1.95. The Bertz CT molecular complexity index is 585. The van der Waals surface area contributed by atoms with Gasteiger partial charge in [0, 0.05) is 32.3 Å². The maximum absolute atomic E-state index is 12.5. The molecular formula is C19H27N3O3. The van der Waals surface area contributed by atoms with Crippen LogP contribution in [0.2, 0.25) is 0 Å². The second-order valence-corrected chi connectivity index (χ2v) is 7.04.